The van der Waals surface area contributed by atoms with Crippen molar-refractivity contribution in [3.63, 3.8) is 0 Å². The molecule has 0 aliphatic heterocycles. The van der Waals surface area contributed by atoms with Crippen LogP contribution in [0.25, 0.3) is 0 Å². The van der Waals surface area contributed by atoms with Gasteiger partial charge in [0.2, 0.25) is 0 Å². The zero-order valence-electron chi connectivity index (χ0n) is 14.1. The lowest BCUT2D eigenvalue weighted by Crippen LogP contribution is -0.939. The number of rotatable bonds is 0. The van der Waals surface area contributed by atoms with Gasteiger partial charge in [-0.3, -0.25) is 13.2 Å². The minimum atomic E-state index is 0. The highest BCUT2D eigenvalue weighted by Crippen LogP contribution is 1.16. The minimum absolute atomic E-state index is 0. The molecule has 0 fully saturated rings. The zero-order valence-corrected chi connectivity index (χ0v) is 14.1. The number of hydrogen-bond acceptors (Lipinski definition) is 0. The first-order chi connectivity index (χ1) is 8.00. The van der Waals surface area contributed by atoms with Gasteiger partial charge in [0.05, 0.1) is 21.5 Å². The Morgan fingerprint density at radius 1 is 0.238 bits per heavy atom. The van der Waals surface area contributed by atoms with Crippen LogP contribution in [0.4, 0.5) is 13.2 Å². The van der Waals surface area contributed by atoms with Crippen LogP contribution < -0.4 is 0 Å². The van der Waals surface area contributed by atoms with Crippen molar-refractivity contribution in [1.82, 2.24) is 0 Å². The lowest BCUT2D eigenvalue weighted by molar-refractivity contribution is 0.635. The van der Waals surface area contributed by atoms with Crippen molar-refractivity contribution in [3.8, 4) is 0 Å². The maximum atomic E-state index is 9.50. The van der Waals surface area contributed by atoms with Gasteiger partial charge in [-0.25, -0.2) is 0 Å². The fourth-order valence-corrected chi connectivity index (χ4v) is 0. The highest BCUT2D eigenvalue weighted by atomic mass is 18.2. The van der Waals surface area contributed by atoms with Crippen LogP contribution in [0.1, 0.15) is 106 Å². The molecular formula is C18H59F3. The van der Waals surface area contributed by atoms with Gasteiger partial charge in [-0.2, -0.15) is 0 Å². The Bertz CT molecular complexity index is 12.4. The summed E-state index contributed by atoms with van der Waals surface area (Å²) in [6, 6.07) is 0. The van der Waals surface area contributed by atoms with Gasteiger partial charge in [-0.05, 0) is 0 Å². The van der Waals surface area contributed by atoms with Crippen LogP contribution in [0.3, 0.4) is 0 Å². The largest absolute Gasteiger partial charge is 0.255 e. The second kappa shape index (κ2) is 158000. The van der Waals surface area contributed by atoms with E-state index in [4.69, 9.17) is 0 Å². The molecule has 0 amide bonds. The molecule has 0 aliphatic carbocycles. The summed E-state index contributed by atoms with van der Waals surface area (Å²) in [5, 5.41) is 0. The smallest absolute Gasteiger partial charge is 0.0785 e. The molecule has 0 bridgehead atoms. The molecule has 0 radical (unpaired) electrons. The van der Waals surface area contributed by atoms with Crippen molar-refractivity contribution in [1.29, 1.82) is 0 Å². The molecule has 0 spiro atoms. The van der Waals surface area contributed by atoms with Gasteiger partial charge in [-0.1, -0.05) is 106 Å². The van der Waals surface area contributed by atoms with Gasteiger partial charge in [0.25, 0.3) is 0 Å². The standard InChI is InChI=1S/5C2H6.3CH3F.5CH4/c8*1-2;;;;;/h5*1-2H3;3*1H3;5*1H4/i;;;;;3*2-1;;;;;. The summed E-state index contributed by atoms with van der Waals surface area (Å²) < 4.78 is 28.5. The van der Waals surface area contributed by atoms with Crippen molar-refractivity contribution in [3.05, 3.63) is 0 Å². The molecule has 0 atom stereocenters. The van der Waals surface area contributed by atoms with Gasteiger partial charge in [-0.15, -0.1) is 0 Å². The van der Waals surface area contributed by atoms with E-state index in [0.717, 1.165) is 0 Å². The van der Waals surface area contributed by atoms with Crippen LogP contribution in [0.5, 0.6) is 0 Å². The van der Waals surface area contributed by atoms with Gasteiger partial charge in [0.15, 0.2) is 0 Å². The first kappa shape index (κ1) is 134. The molecule has 0 aromatic carbocycles. The number of alkyl halides is 3. The predicted octanol–water partition coefficient (Wildman–Crippen LogP) is 10.1. The Hall–Kier alpha value is -0.210. The molecule has 0 unspecified atom stereocenters. The Morgan fingerprint density at radius 2 is 0.238 bits per heavy atom. The highest BCUT2D eigenvalue weighted by molar-refractivity contribution is 3.51. The first-order valence-electron chi connectivity index (χ1n) is 6.13. The van der Waals surface area contributed by atoms with E-state index in [1.807, 2.05) is 69.2 Å². The van der Waals surface area contributed by atoms with Crippen molar-refractivity contribution < 1.29 is 13.2 Å². The molecule has 152 valence electrons. The SMILES string of the molecule is C.C.C.C.C.CC.CC.CC.CC.CC.C[18F].C[18F].C[18F]. The fourth-order valence-electron chi connectivity index (χ4n) is 0. The van der Waals surface area contributed by atoms with E-state index in [1.165, 1.54) is 0 Å². The summed E-state index contributed by atoms with van der Waals surface area (Å²) in [6.45, 7) is 20.0. The van der Waals surface area contributed by atoms with Crippen molar-refractivity contribution in [2.75, 3.05) is 21.5 Å². The molecule has 21 heavy (non-hydrogen) atoms. The van der Waals surface area contributed by atoms with E-state index >= 15 is 0 Å². The van der Waals surface area contributed by atoms with Crippen LogP contribution in [-0.2, 0) is 0 Å². The fraction of sp³-hybridized carbons (Fsp3) is 1.00. The summed E-state index contributed by atoms with van der Waals surface area (Å²) in [6.07, 6.45) is 0. The lowest BCUT2D eigenvalue weighted by Gasteiger charge is -1.10. The molecule has 0 heterocycles. The normalized spacial score (nSPS) is 2.29. The zero-order chi connectivity index (χ0) is 16.0. The maximum absolute atomic E-state index is 9.50. The Labute approximate surface area is 142 Å². The van der Waals surface area contributed by atoms with Crippen LogP contribution in [-0.4, -0.2) is 21.5 Å². The Balaban J connectivity index is -0.00000000306. The third-order valence-electron chi connectivity index (χ3n) is 0. The topological polar surface area (TPSA) is 0 Å². The van der Waals surface area contributed by atoms with Gasteiger partial charge in [0, 0.05) is 0 Å². The van der Waals surface area contributed by atoms with E-state index < -0.39 is 0 Å². The number of hydrogen-bond donors (Lipinski definition) is 0. The van der Waals surface area contributed by atoms with E-state index in [9.17, 15) is 13.2 Å². The quantitative estimate of drug-likeness (QED) is 0.414. The summed E-state index contributed by atoms with van der Waals surface area (Å²) in [5.74, 6) is 0. The predicted molar refractivity (Wildman–Crippen MR) is 111 cm³/mol. The second-order valence-electron chi connectivity index (χ2n) is 0. The minimum Gasteiger partial charge on any atom is -0.255 e. The van der Waals surface area contributed by atoms with Crippen molar-refractivity contribution >= 4 is 0 Å². The molecule has 0 rings (SSSR count). The van der Waals surface area contributed by atoms with E-state index in [1.54, 1.807) is 0 Å². The molecule has 0 aromatic heterocycles. The Morgan fingerprint density at radius 3 is 0.238 bits per heavy atom. The van der Waals surface area contributed by atoms with Gasteiger partial charge >= 0.3 is 0 Å². The number of halogens is 3. The van der Waals surface area contributed by atoms with E-state index in [0.29, 0.717) is 21.5 Å². The van der Waals surface area contributed by atoms with E-state index in [-0.39, 0.29) is 37.1 Å². The van der Waals surface area contributed by atoms with Crippen molar-refractivity contribution in [2.24, 2.45) is 0 Å². The molecule has 0 N–H and O–H groups in total. The summed E-state index contributed by atoms with van der Waals surface area (Å²) in [4.78, 5) is 0. The maximum Gasteiger partial charge on any atom is 0.0785 e. The van der Waals surface area contributed by atoms with Crippen LogP contribution in [0.15, 0.2) is 0 Å². The van der Waals surface area contributed by atoms with Crippen LogP contribution >= 0.6 is 0 Å². The van der Waals surface area contributed by atoms with Gasteiger partial charge in [0.1, 0.15) is 0 Å². The molecular weight excluding hydrogens is 270 g/mol. The molecule has 0 saturated carbocycles. The van der Waals surface area contributed by atoms with Gasteiger partial charge < -0.3 is 0 Å². The van der Waals surface area contributed by atoms with Crippen molar-refractivity contribution in [2.45, 2.75) is 106 Å². The average Bonchev–Trinajstić information content (AvgIpc) is 2.54. The summed E-state index contributed by atoms with van der Waals surface area (Å²) in [7, 11) is 1.50. The summed E-state index contributed by atoms with van der Waals surface area (Å²) in [5.41, 5.74) is 0. The molecule has 3 heteroatoms. The molecule has 0 nitrogen and oxygen atoms in total. The molecule has 0 aliphatic rings. The third-order valence-corrected chi connectivity index (χ3v) is 0. The lowest BCUT2D eigenvalue weighted by atomic mass is 11.0. The Kier molecular flexibility index (Phi) is 1010000. The second-order valence-corrected chi connectivity index (χ2v) is 0. The molecule has 0 saturated heterocycles. The third kappa shape index (κ3) is 142000. The highest BCUT2D eigenvalue weighted by Gasteiger charge is 0.944. The van der Waals surface area contributed by atoms with Crippen LogP contribution in [0.2, 0.25) is 0 Å². The molecule has 0 aromatic rings. The monoisotopic (exact) mass is 329 g/mol. The summed E-state index contributed by atoms with van der Waals surface area (Å²) >= 11 is 0. The first-order valence-corrected chi connectivity index (χ1v) is 6.13. The van der Waals surface area contributed by atoms with Crippen LogP contribution in [0, 0.1) is 0 Å². The average molecular weight is 330 g/mol. The van der Waals surface area contributed by atoms with E-state index in [2.05, 4.69) is 0 Å².